The van der Waals surface area contributed by atoms with Crippen molar-refractivity contribution in [3.8, 4) is 11.5 Å². The number of carbonyl (C=O) groups is 2. The predicted molar refractivity (Wildman–Crippen MR) is 137 cm³/mol. The number of carbonyl (C=O) groups excluding carboxylic acids is 2. The summed E-state index contributed by atoms with van der Waals surface area (Å²) >= 11 is 0. The molecule has 1 N–H and O–H groups in total. The summed E-state index contributed by atoms with van der Waals surface area (Å²) in [6.07, 6.45) is 0. The van der Waals surface area contributed by atoms with Gasteiger partial charge >= 0.3 is 0 Å². The summed E-state index contributed by atoms with van der Waals surface area (Å²) in [5.41, 5.74) is 2.25. The lowest BCUT2D eigenvalue weighted by molar-refractivity contribution is 0.0990. The highest BCUT2D eigenvalue weighted by molar-refractivity contribution is 6.08. The molecule has 0 saturated heterocycles. The van der Waals surface area contributed by atoms with Crippen LogP contribution < -0.4 is 19.7 Å². The van der Waals surface area contributed by atoms with E-state index in [4.69, 9.17) is 9.47 Å². The summed E-state index contributed by atoms with van der Waals surface area (Å²) in [6, 6.07) is 32.7. The first-order valence-electron chi connectivity index (χ1n) is 11.3. The van der Waals surface area contributed by atoms with Crippen molar-refractivity contribution in [2.45, 2.75) is 0 Å². The molecular weight excluding hydrogens is 440 g/mol. The lowest BCUT2D eigenvalue weighted by atomic mass is 10.1. The number of rotatable bonds is 9. The second-order valence-electron chi connectivity index (χ2n) is 7.77. The van der Waals surface area contributed by atoms with Gasteiger partial charge in [0.15, 0.2) is 0 Å². The van der Waals surface area contributed by atoms with E-state index < -0.39 is 0 Å². The zero-order valence-electron chi connectivity index (χ0n) is 19.4. The van der Waals surface area contributed by atoms with Crippen molar-refractivity contribution in [1.29, 1.82) is 0 Å². The minimum absolute atomic E-state index is 0.166. The quantitative estimate of drug-likeness (QED) is 0.323. The molecule has 0 radical (unpaired) electrons. The number of amides is 2. The number of hydrogen-bond donors (Lipinski definition) is 1. The smallest absolute Gasteiger partial charge is 0.258 e. The maximum atomic E-state index is 12.9. The molecule has 0 fully saturated rings. The highest BCUT2D eigenvalue weighted by Crippen LogP contribution is 2.19. The molecule has 0 aliphatic carbocycles. The topological polar surface area (TPSA) is 67.9 Å². The number of anilines is 2. The van der Waals surface area contributed by atoms with Crippen molar-refractivity contribution >= 4 is 23.2 Å². The molecule has 6 heteroatoms. The van der Waals surface area contributed by atoms with Crippen molar-refractivity contribution in [3.63, 3.8) is 0 Å². The predicted octanol–water partition coefficient (Wildman–Crippen LogP) is 5.67. The molecule has 0 saturated carbocycles. The van der Waals surface area contributed by atoms with E-state index in [1.54, 1.807) is 60.5 Å². The summed E-state index contributed by atoms with van der Waals surface area (Å²) in [5.74, 6) is 0.889. The average Bonchev–Trinajstić information content (AvgIpc) is 2.91. The Kier molecular flexibility index (Phi) is 7.76. The van der Waals surface area contributed by atoms with Crippen molar-refractivity contribution in [2.24, 2.45) is 0 Å². The highest BCUT2D eigenvalue weighted by atomic mass is 16.5. The first-order chi connectivity index (χ1) is 17.1. The van der Waals surface area contributed by atoms with Gasteiger partial charge < -0.3 is 19.7 Å². The monoisotopic (exact) mass is 466 g/mol. The lowest BCUT2D eigenvalue weighted by Crippen LogP contribution is -2.26. The van der Waals surface area contributed by atoms with Crippen molar-refractivity contribution in [2.75, 3.05) is 30.5 Å². The molecule has 0 aliphatic rings. The molecule has 4 rings (SSSR count). The van der Waals surface area contributed by atoms with Gasteiger partial charge in [-0.05, 0) is 60.7 Å². The molecule has 0 atom stereocenters. The Balaban J connectivity index is 1.35. The van der Waals surface area contributed by atoms with Gasteiger partial charge in [-0.3, -0.25) is 9.59 Å². The Labute approximate surface area is 204 Å². The maximum absolute atomic E-state index is 12.9. The highest BCUT2D eigenvalue weighted by Gasteiger charge is 2.15. The Morgan fingerprint density at radius 2 is 1.29 bits per heavy atom. The maximum Gasteiger partial charge on any atom is 0.258 e. The molecular formula is C29H26N2O4. The first kappa shape index (κ1) is 23.6. The van der Waals surface area contributed by atoms with Gasteiger partial charge in [-0.2, -0.15) is 0 Å². The fourth-order valence-corrected chi connectivity index (χ4v) is 3.46. The van der Waals surface area contributed by atoms with Crippen LogP contribution in [0.5, 0.6) is 11.5 Å². The Morgan fingerprint density at radius 1 is 0.686 bits per heavy atom. The Hall–Kier alpha value is -4.58. The lowest BCUT2D eigenvalue weighted by Gasteiger charge is -2.17. The minimum atomic E-state index is -0.294. The van der Waals surface area contributed by atoms with E-state index in [1.165, 1.54) is 0 Å². The summed E-state index contributed by atoms with van der Waals surface area (Å²) in [6.45, 7) is 0.734. The van der Waals surface area contributed by atoms with Crippen LogP contribution in [0.15, 0.2) is 109 Å². The number of para-hydroxylation sites is 2. The van der Waals surface area contributed by atoms with E-state index in [0.717, 1.165) is 11.4 Å². The minimum Gasteiger partial charge on any atom is -0.490 e. The molecule has 4 aromatic carbocycles. The van der Waals surface area contributed by atoms with Crippen LogP contribution in [0.25, 0.3) is 0 Å². The third kappa shape index (κ3) is 6.48. The summed E-state index contributed by atoms with van der Waals surface area (Å²) in [7, 11) is 1.72. The van der Waals surface area contributed by atoms with Crippen LogP contribution in [0, 0.1) is 0 Å². The van der Waals surface area contributed by atoms with Gasteiger partial charge in [0.2, 0.25) is 0 Å². The van der Waals surface area contributed by atoms with Gasteiger partial charge in [-0.25, -0.2) is 0 Å². The summed E-state index contributed by atoms with van der Waals surface area (Å²) in [5, 5.41) is 2.86. The van der Waals surface area contributed by atoms with E-state index in [2.05, 4.69) is 5.32 Å². The number of benzene rings is 4. The third-order valence-electron chi connectivity index (χ3n) is 5.28. The van der Waals surface area contributed by atoms with E-state index >= 15 is 0 Å². The molecule has 35 heavy (non-hydrogen) atoms. The Bertz CT molecular complexity index is 1280. The van der Waals surface area contributed by atoms with E-state index in [-0.39, 0.29) is 11.8 Å². The van der Waals surface area contributed by atoms with Crippen LogP contribution in [0.3, 0.4) is 0 Å². The summed E-state index contributed by atoms with van der Waals surface area (Å²) in [4.78, 5) is 27.3. The van der Waals surface area contributed by atoms with Gasteiger partial charge in [0.05, 0.1) is 0 Å². The molecule has 2 amide bonds. The average molecular weight is 467 g/mol. The fraction of sp³-hybridized carbons (Fsp3) is 0.103. The van der Waals surface area contributed by atoms with Crippen LogP contribution >= 0.6 is 0 Å². The van der Waals surface area contributed by atoms with Crippen molar-refractivity contribution in [1.82, 2.24) is 0 Å². The number of nitrogens with one attached hydrogen (secondary N) is 1. The van der Waals surface area contributed by atoms with Crippen LogP contribution in [0.1, 0.15) is 20.7 Å². The summed E-state index contributed by atoms with van der Waals surface area (Å²) < 4.78 is 11.4. The zero-order chi connectivity index (χ0) is 24.5. The normalized spacial score (nSPS) is 10.3. The van der Waals surface area contributed by atoms with Gasteiger partial charge in [-0.1, -0.05) is 48.5 Å². The van der Waals surface area contributed by atoms with Crippen LogP contribution in [-0.2, 0) is 0 Å². The molecule has 4 aromatic rings. The number of nitrogens with zero attached hydrogens (tertiary/aromatic N) is 1. The molecule has 0 aliphatic heterocycles. The molecule has 0 heterocycles. The molecule has 0 spiro atoms. The number of ether oxygens (including phenoxy) is 2. The van der Waals surface area contributed by atoms with Gasteiger partial charge in [-0.15, -0.1) is 0 Å². The molecule has 176 valence electrons. The van der Waals surface area contributed by atoms with Crippen LogP contribution in [-0.4, -0.2) is 32.1 Å². The van der Waals surface area contributed by atoms with Crippen molar-refractivity contribution in [3.05, 3.63) is 120 Å². The standard InChI is InChI=1S/C29H26N2O4/c1-31(25-13-4-2-5-14-25)29(33)23-11-8-12-24(20-23)30-28(32)22-10-9-17-27(21-22)35-19-18-34-26-15-6-3-7-16-26/h2-17,20-21H,18-19H2,1H3,(H,30,32). The fourth-order valence-electron chi connectivity index (χ4n) is 3.46. The van der Waals surface area contributed by atoms with Crippen LogP contribution in [0.2, 0.25) is 0 Å². The van der Waals surface area contributed by atoms with Gasteiger partial charge in [0, 0.05) is 29.5 Å². The second-order valence-corrected chi connectivity index (χ2v) is 7.77. The first-order valence-corrected chi connectivity index (χ1v) is 11.3. The van der Waals surface area contributed by atoms with Gasteiger partial charge in [0.1, 0.15) is 24.7 Å². The van der Waals surface area contributed by atoms with Crippen molar-refractivity contribution < 1.29 is 19.1 Å². The third-order valence-corrected chi connectivity index (χ3v) is 5.28. The second kappa shape index (κ2) is 11.5. The Morgan fingerprint density at radius 3 is 2.03 bits per heavy atom. The van der Waals surface area contributed by atoms with E-state index in [9.17, 15) is 9.59 Å². The number of hydrogen-bond acceptors (Lipinski definition) is 4. The molecule has 6 nitrogen and oxygen atoms in total. The molecule has 0 aromatic heterocycles. The molecule has 0 bridgehead atoms. The SMILES string of the molecule is CN(C(=O)c1cccc(NC(=O)c2cccc(OCCOc3ccccc3)c2)c1)c1ccccc1. The van der Waals surface area contributed by atoms with Crippen LogP contribution in [0.4, 0.5) is 11.4 Å². The van der Waals surface area contributed by atoms with E-state index in [0.29, 0.717) is 35.8 Å². The largest absolute Gasteiger partial charge is 0.490 e. The molecule has 0 unspecified atom stereocenters. The van der Waals surface area contributed by atoms with Gasteiger partial charge in [0.25, 0.3) is 11.8 Å². The van der Waals surface area contributed by atoms with E-state index in [1.807, 2.05) is 60.7 Å². The zero-order valence-corrected chi connectivity index (χ0v) is 19.4.